The smallest absolute Gasteiger partial charge is 0.499 e. The van der Waals surface area contributed by atoms with Crippen molar-refractivity contribution in [2.45, 2.75) is 19.6 Å². The molecule has 0 aliphatic heterocycles. The van der Waals surface area contributed by atoms with Crippen molar-refractivity contribution in [2.75, 3.05) is 14.2 Å². The van der Waals surface area contributed by atoms with Crippen LogP contribution < -0.4 is 0 Å². The van der Waals surface area contributed by atoms with Crippen LogP contribution in [0.1, 0.15) is 0 Å². The van der Waals surface area contributed by atoms with Crippen molar-refractivity contribution < 1.29 is 11.1 Å². The van der Waals surface area contributed by atoms with Crippen molar-refractivity contribution in [2.24, 2.45) is 0 Å². The molecule has 0 aromatic rings. The second kappa shape index (κ2) is 4.50. The minimum atomic E-state index is -1.76. The van der Waals surface area contributed by atoms with E-state index < -0.39 is 23.5 Å². The first-order chi connectivity index (χ1) is 4.49. The first-order valence-electron chi connectivity index (χ1n) is 3.23. The van der Waals surface area contributed by atoms with Gasteiger partial charge in [0.1, 0.15) is 0 Å². The lowest BCUT2D eigenvalue weighted by atomic mass is 11.8. The average Bonchev–Trinajstić information content (AvgIpc) is 1.81. The van der Waals surface area contributed by atoms with Gasteiger partial charge in [-0.1, -0.05) is 0 Å². The van der Waals surface area contributed by atoms with Gasteiger partial charge in [0.15, 0.2) is 8.32 Å². The highest BCUT2D eigenvalue weighted by Gasteiger charge is 2.33. The van der Waals surface area contributed by atoms with Gasteiger partial charge in [-0.15, -0.1) is 0 Å². The summed E-state index contributed by atoms with van der Waals surface area (Å²) in [7, 11) is 1.80. The first-order valence-corrected chi connectivity index (χ1v) is 8.05. The fraction of sp³-hybridized carbons (Fsp3) is 1.00. The summed E-state index contributed by atoms with van der Waals surface area (Å²) in [5.41, 5.74) is 0. The number of hydrogen-bond donors (Lipinski definition) is 0. The summed E-state index contributed by atoms with van der Waals surface area (Å²) in [5.74, 6) is 0. The first kappa shape index (κ1) is 10.6. The molecule has 0 unspecified atom stereocenters. The molecule has 0 amide bonds. The van der Waals surface area contributed by atoms with Crippen molar-refractivity contribution in [1.29, 1.82) is 0 Å². The summed E-state index contributed by atoms with van der Waals surface area (Å²) < 4.78 is 15.6. The van der Waals surface area contributed by atoms with Crippen molar-refractivity contribution in [3.05, 3.63) is 0 Å². The lowest BCUT2D eigenvalue weighted by Gasteiger charge is -2.20. The predicted molar refractivity (Wildman–Crippen MR) is 44.2 cm³/mol. The summed E-state index contributed by atoms with van der Waals surface area (Å²) in [6.07, 6.45) is 0. The van der Waals surface area contributed by atoms with Crippen LogP contribution in [-0.2, 0) is 11.1 Å². The fourth-order valence-electron chi connectivity index (χ4n) is 0.481. The van der Waals surface area contributed by atoms with Crippen molar-refractivity contribution in [3.8, 4) is 0 Å². The summed E-state index contributed by atoms with van der Waals surface area (Å²) in [5, 5.41) is 0. The van der Waals surface area contributed by atoms with Crippen LogP contribution in [0.2, 0.25) is 19.6 Å². The minimum absolute atomic E-state index is 1.45. The average molecular weight is 178 g/mol. The molecule has 0 heterocycles. The van der Waals surface area contributed by atoms with Gasteiger partial charge in [-0.25, -0.2) is 0 Å². The summed E-state index contributed by atoms with van der Waals surface area (Å²) in [6, 6.07) is 0. The van der Waals surface area contributed by atoms with Gasteiger partial charge in [-0.05, 0) is 19.6 Å². The SMILES string of the molecule is C[O][Al]([O]C)[O][Si](C)(C)C. The maximum Gasteiger partial charge on any atom is 0.893 e. The van der Waals surface area contributed by atoms with Gasteiger partial charge in [0.05, 0.1) is 0 Å². The molecule has 3 nitrogen and oxygen atoms in total. The van der Waals surface area contributed by atoms with Gasteiger partial charge < -0.3 is 11.1 Å². The Hall–Kier alpha value is 0.629. The summed E-state index contributed by atoms with van der Waals surface area (Å²) in [4.78, 5) is 0. The summed E-state index contributed by atoms with van der Waals surface area (Å²) in [6.45, 7) is 6.35. The minimum Gasteiger partial charge on any atom is -0.499 e. The van der Waals surface area contributed by atoms with Crippen molar-refractivity contribution in [1.82, 2.24) is 0 Å². The van der Waals surface area contributed by atoms with E-state index in [0.717, 1.165) is 0 Å². The second-order valence-corrected chi connectivity index (χ2v) is 9.68. The molecule has 0 rings (SSSR count). The molecular formula is C5H15AlO3Si. The Labute approximate surface area is 68.8 Å². The normalized spacial score (nSPS) is 11.7. The van der Waals surface area contributed by atoms with Crippen LogP contribution in [0.25, 0.3) is 0 Å². The van der Waals surface area contributed by atoms with Crippen LogP contribution in [0.3, 0.4) is 0 Å². The molecule has 0 N–H and O–H groups in total. The maximum absolute atomic E-state index is 5.57. The Morgan fingerprint density at radius 2 is 1.40 bits per heavy atom. The van der Waals surface area contributed by atoms with Crippen LogP contribution in [0, 0.1) is 0 Å². The molecule has 0 saturated heterocycles. The third kappa shape index (κ3) is 5.42. The largest absolute Gasteiger partial charge is 0.893 e. The Morgan fingerprint density at radius 3 is 1.50 bits per heavy atom. The number of rotatable bonds is 4. The van der Waals surface area contributed by atoms with Crippen LogP contribution in [-0.4, -0.2) is 37.7 Å². The Balaban J connectivity index is 3.63. The van der Waals surface area contributed by atoms with E-state index in [0.29, 0.717) is 0 Å². The molecule has 0 fully saturated rings. The van der Waals surface area contributed by atoms with Crippen LogP contribution in [0.4, 0.5) is 0 Å². The van der Waals surface area contributed by atoms with E-state index >= 15 is 0 Å². The van der Waals surface area contributed by atoms with E-state index in [9.17, 15) is 0 Å². The van der Waals surface area contributed by atoms with E-state index in [1.807, 2.05) is 0 Å². The molecule has 0 atom stereocenters. The van der Waals surface area contributed by atoms with E-state index in [1.54, 1.807) is 14.2 Å². The van der Waals surface area contributed by atoms with Crippen LogP contribution in [0.15, 0.2) is 0 Å². The zero-order valence-electron chi connectivity index (χ0n) is 7.30. The van der Waals surface area contributed by atoms with E-state index in [2.05, 4.69) is 19.6 Å². The molecule has 0 aromatic heterocycles. The molecule has 0 radical (unpaired) electrons. The predicted octanol–water partition coefficient (Wildman–Crippen LogP) is 1.12. The van der Waals surface area contributed by atoms with Gasteiger partial charge in [0, 0.05) is 14.2 Å². The van der Waals surface area contributed by atoms with E-state index in [4.69, 9.17) is 11.1 Å². The van der Waals surface area contributed by atoms with Gasteiger partial charge in [-0.2, -0.15) is 0 Å². The molecule has 10 heavy (non-hydrogen) atoms. The quantitative estimate of drug-likeness (QED) is 0.604. The van der Waals surface area contributed by atoms with Gasteiger partial charge in [0.2, 0.25) is 0 Å². The van der Waals surface area contributed by atoms with Crippen LogP contribution in [0.5, 0.6) is 0 Å². The highest BCUT2D eigenvalue weighted by molar-refractivity contribution is 6.74. The molecule has 0 saturated carbocycles. The second-order valence-electron chi connectivity index (χ2n) is 2.99. The maximum atomic E-state index is 5.57. The third-order valence-corrected chi connectivity index (χ3v) is 5.20. The molecule has 0 bridgehead atoms. The molecule has 0 aliphatic rings. The number of hydrogen-bond acceptors (Lipinski definition) is 3. The topological polar surface area (TPSA) is 27.7 Å². The standard InChI is InChI=1S/C3H9OSi.2CH3O.Al/c1-5(2,3)4;2*1-2;/h1-3H3;2*1H3;/q3*-1;+3. The highest BCUT2D eigenvalue weighted by atomic mass is 28.4. The van der Waals surface area contributed by atoms with Crippen LogP contribution >= 0.6 is 0 Å². The van der Waals surface area contributed by atoms with Crippen molar-refractivity contribution >= 4 is 23.5 Å². The van der Waals surface area contributed by atoms with Gasteiger partial charge in [-0.3, -0.25) is 0 Å². The molecular weight excluding hydrogens is 163 g/mol. The Morgan fingerprint density at radius 1 is 1.00 bits per heavy atom. The summed E-state index contributed by atoms with van der Waals surface area (Å²) >= 11 is -1.76. The lowest BCUT2D eigenvalue weighted by Crippen LogP contribution is -2.37. The van der Waals surface area contributed by atoms with E-state index in [1.165, 1.54) is 0 Å². The Kier molecular flexibility index (Phi) is 4.78. The van der Waals surface area contributed by atoms with Gasteiger partial charge >= 0.3 is 15.1 Å². The molecule has 0 aromatic carbocycles. The highest BCUT2D eigenvalue weighted by Crippen LogP contribution is 2.04. The zero-order valence-corrected chi connectivity index (χ0v) is 9.46. The molecule has 60 valence electrons. The Bertz CT molecular complexity index is 89.4. The monoisotopic (exact) mass is 178 g/mol. The zero-order chi connectivity index (χ0) is 8.20. The van der Waals surface area contributed by atoms with Crippen molar-refractivity contribution in [3.63, 3.8) is 0 Å². The van der Waals surface area contributed by atoms with Gasteiger partial charge in [0.25, 0.3) is 0 Å². The third-order valence-electron chi connectivity index (χ3n) is 0.835. The van der Waals surface area contributed by atoms with E-state index in [-0.39, 0.29) is 0 Å². The molecule has 0 aliphatic carbocycles. The molecule has 5 heteroatoms. The molecule has 0 spiro atoms. The lowest BCUT2D eigenvalue weighted by molar-refractivity contribution is 0.199. The fourth-order valence-corrected chi connectivity index (χ4v) is 3.75.